The van der Waals surface area contributed by atoms with E-state index in [1.54, 1.807) is 19.1 Å². The van der Waals surface area contributed by atoms with Crippen LogP contribution in [0.3, 0.4) is 0 Å². The van der Waals surface area contributed by atoms with Crippen LogP contribution in [0.2, 0.25) is 0 Å². The Labute approximate surface area is 113 Å². The van der Waals surface area contributed by atoms with Crippen molar-refractivity contribution in [3.63, 3.8) is 0 Å². The normalized spacial score (nSPS) is 12.6. The molecule has 0 aliphatic rings. The monoisotopic (exact) mass is 282 g/mol. The van der Waals surface area contributed by atoms with E-state index in [1.807, 2.05) is 13.8 Å². The molecule has 0 saturated heterocycles. The van der Waals surface area contributed by atoms with Gasteiger partial charge in [0, 0.05) is 6.08 Å². The summed E-state index contributed by atoms with van der Waals surface area (Å²) < 4.78 is 22.5. The highest BCUT2D eigenvalue weighted by atomic mass is 32.2. The first kappa shape index (κ1) is 15.4. The molecule has 0 bridgehead atoms. The fourth-order valence-electron chi connectivity index (χ4n) is 1.56. The zero-order chi connectivity index (χ0) is 14.6. The minimum absolute atomic E-state index is 0.0355. The highest BCUT2D eigenvalue weighted by Gasteiger charge is 2.12. The van der Waals surface area contributed by atoms with Crippen molar-refractivity contribution in [2.75, 3.05) is 0 Å². The third kappa shape index (κ3) is 4.84. The number of sulfonamides is 1. The van der Waals surface area contributed by atoms with Crippen LogP contribution < -0.4 is 10.5 Å². The van der Waals surface area contributed by atoms with Gasteiger partial charge in [0.2, 0.25) is 15.9 Å². The molecule has 1 amide bonds. The second-order valence-corrected chi connectivity index (χ2v) is 6.13. The maximum Gasteiger partial charge on any atom is 0.244 e. The minimum Gasteiger partial charge on any atom is -0.346 e. The van der Waals surface area contributed by atoms with E-state index in [0.29, 0.717) is 5.56 Å². The molecule has 0 radical (unpaired) electrons. The van der Waals surface area contributed by atoms with Crippen molar-refractivity contribution in [2.45, 2.75) is 31.7 Å². The summed E-state index contributed by atoms with van der Waals surface area (Å²) in [5.74, 6) is -0.214. The number of carbonyl (C=O) groups excluding carboxylic acids is 1. The molecule has 1 atom stereocenters. The molecule has 3 N–H and O–H groups in total. The predicted molar refractivity (Wildman–Crippen MR) is 73.8 cm³/mol. The molecule has 0 spiro atoms. The summed E-state index contributed by atoms with van der Waals surface area (Å²) in [4.78, 5) is 11.6. The molecular formula is C13H18N2O3S. The first-order chi connectivity index (χ1) is 8.70. The molecular weight excluding hydrogens is 264 g/mol. The van der Waals surface area contributed by atoms with Gasteiger partial charge in [0.05, 0.1) is 10.9 Å². The van der Waals surface area contributed by atoms with E-state index >= 15 is 0 Å². The summed E-state index contributed by atoms with van der Waals surface area (Å²) in [6.07, 6.45) is 1.49. The molecule has 0 fully saturated rings. The van der Waals surface area contributed by atoms with Crippen molar-refractivity contribution in [1.29, 1.82) is 0 Å². The topological polar surface area (TPSA) is 89.3 Å². The van der Waals surface area contributed by atoms with Crippen molar-refractivity contribution < 1.29 is 13.2 Å². The standard InChI is InChI=1S/C13H18N2O3S/c1-9(2)7-13(16)15-10(3)11-5-4-6-12(8-11)19(14,17)18/h4-8,10H,1-3H3,(H,15,16)(H2,14,17,18). The lowest BCUT2D eigenvalue weighted by atomic mass is 10.1. The number of hydrogen-bond acceptors (Lipinski definition) is 3. The van der Waals surface area contributed by atoms with Gasteiger partial charge in [0.25, 0.3) is 0 Å². The Hall–Kier alpha value is -1.66. The van der Waals surface area contributed by atoms with Gasteiger partial charge in [-0.2, -0.15) is 0 Å². The molecule has 19 heavy (non-hydrogen) atoms. The minimum atomic E-state index is -3.73. The second kappa shape index (κ2) is 5.99. The summed E-state index contributed by atoms with van der Waals surface area (Å²) in [5, 5.41) is 7.82. The Kier molecular flexibility index (Phi) is 4.85. The third-order valence-electron chi connectivity index (χ3n) is 2.47. The lowest BCUT2D eigenvalue weighted by molar-refractivity contribution is -0.117. The van der Waals surface area contributed by atoms with E-state index in [-0.39, 0.29) is 16.8 Å². The van der Waals surface area contributed by atoms with Gasteiger partial charge in [-0.25, -0.2) is 13.6 Å². The fourth-order valence-corrected chi connectivity index (χ4v) is 2.13. The molecule has 0 aromatic heterocycles. The number of nitrogens with two attached hydrogens (primary N) is 1. The molecule has 1 unspecified atom stereocenters. The van der Waals surface area contributed by atoms with Crippen LogP contribution in [0, 0.1) is 0 Å². The molecule has 0 aliphatic carbocycles. The van der Waals surface area contributed by atoms with Crippen LogP contribution >= 0.6 is 0 Å². The van der Waals surface area contributed by atoms with E-state index in [4.69, 9.17) is 5.14 Å². The first-order valence-electron chi connectivity index (χ1n) is 5.78. The summed E-state index contributed by atoms with van der Waals surface area (Å²) >= 11 is 0. The van der Waals surface area contributed by atoms with E-state index in [2.05, 4.69) is 5.32 Å². The quantitative estimate of drug-likeness (QED) is 0.820. The molecule has 1 aromatic carbocycles. The Bertz CT molecular complexity index is 602. The number of hydrogen-bond donors (Lipinski definition) is 2. The van der Waals surface area contributed by atoms with Gasteiger partial charge in [-0.15, -0.1) is 0 Å². The van der Waals surface area contributed by atoms with Crippen LogP contribution in [0.1, 0.15) is 32.4 Å². The zero-order valence-corrected chi connectivity index (χ0v) is 12.0. The molecule has 1 aromatic rings. The van der Waals surface area contributed by atoms with Crippen LogP contribution in [0.15, 0.2) is 40.8 Å². The summed E-state index contributed by atoms with van der Waals surface area (Å²) in [6, 6.07) is 5.91. The number of allylic oxidation sites excluding steroid dienone is 1. The van der Waals surface area contributed by atoms with E-state index in [0.717, 1.165) is 5.57 Å². The average molecular weight is 282 g/mol. The van der Waals surface area contributed by atoms with Gasteiger partial charge in [-0.05, 0) is 38.5 Å². The van der Waals surface area contributed by atoms with Crippen molar-refractivity contribution in [3.8, 4) is 0 Å². The average Bonchev–Trinajstić information content (AvgIpc) is 2.26. The smallest absolute Gasteiger partial charge is 0.244 e. The summed E-state index contributed by atoms with van der Waals surface area (Å²) in [7, 11) is -3.73. The van der Waals surface area contributed by atoms with Crippen molar-refractivity contribution in [2.24, 2.45) is 5.14 Å². The van der Waals surface area contributed by atoms with E-state index in [1.165, 1.54) is 18.2 Å². The van der Waals surface area contributed by atoms with Gasteiger partial charge in [0.15, 0.2) is 0 Å². The Morgan fingerprint density at radius 3 is 2.53 bits per heavy atom. The molecule has 0 saturated carbocycles. The number of nitrogens with one attached hydrogen (secondary N) is 1. The zero-order valence-electron chi connectivity index (χ0n) is 11.2. The third-order valence-corrected chi connectivity index (χ3v) is 3.38. The number of primary sulfonamides is 1. The molecule has 0 aliphatic heterocycles. The number of carbonyl (C=O) groups is 1. The largest absolute Gasteiger partial charge is 0.346 e. The summed E-state index contributed by atoms with van der Waals surface area (Å²) in [5.41, 5.74) is 1.57. The van der Waals surface area contributed by atoms with Gasteiger partial charge < -0.3 is 5.32 Å². The van der Waals surface area contributed by atoms with Crippen molar-refractivity contribution in [1.82, 2.24) is 5.32 Å². The predicted octanol–water partition coefficient (Wildman–Crippen LogP) is 1.48. The van der Waals surface area contributed by atoms with Gasteiger partial charge in [0.1, 0.15) is 0 Å². The lowest BCUT2D eigenvalue weighted by Crippen LogP contribution is -2.25. The van der Waals surface area contributed by atoms with Crippen molar-refractivity contribution >= 4 is 15.9 Å². The van der Waals surface area contributed by atoms with Crippen LogP contribution in [-0.2, 0) is 14.8 Å². The molecule has 1 rings (SSSR count). The highest BCUT2D eigenvalue weighted by molar-refractivity contribution is 7.89. The fraction of sp³-hybridized carbons (Fsp3) is 0.308. The maximum atomic E-state index is 11.6. The van der Waals surface area contributed by atoms with Crippen molar-refractivity contribution in [3.05, 3.63) is 41.5 Å². The lowest BCUT2D eigenvalue weighted by Gasteiger charge is -2.14. The van der Waals surface area contributed by atoms with Crippen LogP contribution in [0.25, 0.3) is 0 Å². The number of amides is 1. The SMILES string of the molecule is CC(C)=CC(=O)NC(C)c1cccc(S(N)(=O)=O)c1. The molecule has 5 nitrogen and oxygen atoms in total. The highest BCUT2D eigenvalue weighted by Crippen LogP contribution is 2.16. The van der Waals surface area contributed by atoms with Crippen LogP contribution in [0.5, 0.6) is 0 Å². The number of benzene rings is 1. The van der Waals surface area contributed by atoms with Crippen LogP contribution in [0.4, 0.5) is 0 Å². The van der Waals surface area contributed by atoms with E-state index < -0.39 is 10.0 Å². The number of rotatable bonds is 4. The first-order valence-corrected chi connectivity index (χ1v) is 7.33. The molecule has 104 valence electrons. The van der Waals surface area contributed by atoms with Gasteiger partial charge >= 0.3 is 0 Å². The summed E-state index contributed by atoms with van der Waals surface area (Å²) in [6.45, 7) is 5.43. The Balaban J connectivity index is 2.92. The maximum absolute atomic E-state index is 11.6. The Morgan fingerprint density at radius 1 is 1.37 bits per heavy atom. The molecule has 6 heteroatoms. The molecule has 0 heterocycles. The van der Waals surface area contributed by atoms with Gasteiger partial charge in [-0.3, -0.25) is 4.79 Å². The van der Waals surface area contributed by atoms with Gasteiger partial charge in [-0.1, -0.05) is 17.7 Å². The Morgan fingerprint density at radius 2 is 2.00 bits per heavy atom. The van der Waals surface area contributed by atoms with Crippen LogP contribution in [-0.4, -0.2) is 14.3 Å². The second-order valence-electron chi connectivity index (χ2n) is 4.57. The van der Waals surface area contributed by atoms with E-state index in [9.17, 15) is 13.2 Å².